The second-order valence-electron chi connectivity index (χ2n) is 8.95. The highest BCUT2D eigenvalue weighted by Gasteiger charge is 2.41. The molecule has 0 bridgehead atoms. The predicted octanol–water partition coefficient (Wildman–Crippen LogP) is 5.09. The highest BCUT2D eigenvalue weighted by molar-refractivity contribution is 5.76. The molecule has 0 radical (unpaired) electrons. The Kier molecular flexibility index (Phi) is 10.2. The Balaban J connectivity index is 1.47. The maximum absolute atomic E-state index is 11.6. The third kappa shape index (κ3) is 8.36. The van der Waals surface area contributed by atoms with Crippen LogP contribution in [0, 0.1) is 0 Å². The van der Waals surface area contributed by atoms with Crippen molar-refractivity contribution >= 4 is 5.78 Å². The average Bonchev–Trinajstić information content (AvgIpc) is 2.92. The van der Waals surface area contributed by atoms with Gasteiger partial charge >= 0.3 is 0 Å². The molecule has 6 heteroatoms. The average molecular weight is 491 g/mol. The number of ether oxygens (including phenoxy) is 5. The topological polar surface area (TPSA) is 63.2 Å². The van der Waals surface area contributed by atoms with Crippen LogP contribution in [0.15, 0.2) is 91.0 Å². The second kappa shape index (κ2) is 14.0. The molecule has 6 nitrogen and oxygen atoms in total. The van der Waals surface area contributed by atoms with E-state index in [-0.39, 0.29) is 24.6 Å². The largest absolute Gasteiger partial charge is 0.374 e. The zero-order chi connectivity index (χ0) is 25.0. The number of rotatable bonds is 13. The van der Waals surface area contributed by atoms with Crippen LogP contribution in [0.1, 0.15) is 30.0 Å². The van der Waals surface area contributed by atoms with Crippen LogP contribution in [0.25, 0.3) is 0 Å². The minimum Gasteiger partial charge on any atom is -0.374 e. The number of carbonyl (C=O) groups excluding carboxylic acids is 1. The third-order valence-electron chi connectivity index (χ3n) is 5.94. The number of ketones is 1. The summed E-state index contributed by atoms with van der Waals surface area (Å²) in [7, 11) is 0. The van der Waals surface area contributed by atoms with Crippen LogP contribution >= 0.6 is 0 Å². The monoisotopic (exact) mass is 490 g/mol. The fourth-order valence-electron chi connectivity index (χ4n) is 4.13. The zero-order valence-corrected chi connectivity index (χ0v) is 20.7. The molecular weight excluding hydrogens is 456 g/mol. The van der Waals surface area contributed by atoms with Gasteiger partial charge in [0.15, 0.2) is 12.1 Å². The van der Waals surface area contributed by atoms with Gasteiger partial charge < -0.3 is 23.7 Å². The molecule has 0 amide bonds. The smallest absolute Gasteiger partial charge is 0.161 e. The quantitative estimate of drug-likeness (QED) is 0.332. The summed E-state index contributed by atoms with van der Waals surface area (Å²) in [5, 5.41) is 0. The predicted molar refractivity (Wildman–Crippen MR) is 136 cm³/mol. The van der Waals surface area contributed by atoms with Gasteiger partial charge in [0, 0.05) is 6.42 Å². The van der Waals surface area contributed by atoms with Gasteiger partial charge in [0.2, 0.25) is 0 Å². The fourth-order valence-corrected chi connectivity index (χ4v) is 4.13. The number of benzene rings is 3. The molecule has 0 unspecified atom stereocenters. The Morgan fingerprint density at radius 2 is 1.28 bits per heavy atom. The van der Waals surface area contributed by atoms with Gasteiger partial charge in [-0.15, -0.1) is 0 Å². The maximum Gasteiger partial charge on any atom is 0.161 e. The van der Waals surface area contributed by atoms with Crippen molar-refractivity contribution < 1.29 is 28.5 Å². The zero-order valence-electron chi connectivity index (χ0n) is 20.7. The van der Waals surface area contributed by atoms with E-state index in [4.69, 9.17) is 23.7 Å². The van der Waals surface area contributed by atoms with Crippen LogP contribution in [0.3, 0.4) is 0 Å². The molecule has 3 aromatic carbocycles. The molecular formula is C30H34O6. The van der Waals surface area contributed by atoms with E-state index in [0.29, 0.717) is 32.8 Å². The number of hydrogen-bond donors (Lipinski definition) is 0. The van der Waals surface area contributed by atoms with Gasteiger partial charge in [-0.3, -0.25) is 4.79 Å². The Bertz CT molecular complexity index is 1030. The molecule has 0 saturated carbocycles. The highest BCUT2D eigenvalue weighted by atomic mass is 16.7. The molecule has 0 spiro atoms. The molecule has 1 fully saturated rings. The van der Waals surface area contributed by atoms with Gasteiger partial charge in [-0.05, 0) is 23.6 Å². The van der Waals surface area contributed by atoms with Gasteiger partial charge in [0.05, 0.1) is 32.5 Å². The van der Waals surface area contributed by atoms with E-state index in [1.807, 2.05) is 91.0 Å². The van der Waals surface area contributed by atoms with Gasteiger partial charge in [0.25, 0.3) is 0 Å². The molecule has 3 aromatic rings. The normalized spacial score (nSPS) is 21.8. The maximum atomic E-state index is 11.6. The molecule has 1 saturated heterocycles. The van der Waals surface area contributed by atoms with E-state index < -0.39 is 12.4 Å². The van der Waals surface area contributed by atoms with E-state index >= 15 is 0 Å². The molecule has 1 heterocycles. The SMILES string of the molecule is CC(=O)CO[C@@H]1C[C@@H](OCc2ccccc2)[C@H](OCc2ccccc2)[C@@H](COCc2ccccc2)O1. The van der Waals surface area contributed by atoms with Crippen molar-refractivity contribution in [2.24, 2.45) is 0 Å². The summed E-state index contributed by atoms with van der Waals surface area (Å²) in [4.78, 5) is 11.6. The van der Waals surface area contributed by atoms with Gasteiger partial charge in [-0.2, -0.15) is 0 Å². The summed E-state index contributed by atoms with van der Waals surface area (Å²) in [6.45, 7) is 3.11. The van der Waals surface area contributed by atoms with Gasteiger partial charge in [-0.25, -0.2) is 0 Å². The summed E-state index contributed by atoms with van der Waals surface area (Å²) in [6, 6.07) is 30.1. The van der Waals surface area contributed by atoms with Crippen LogP contribution in [-0.4, -0.2) is 43.6 Å². The Labute approximate surface area is 213 Å². The minimum atomic E-state index is -0.587. The number of Topliss-reactive ketones (excluding diaryl/α,β-unsaturated/α-hetero) is 1. The molecule has 0 N–H and O–H groups in total. The van der Waals surface area contributed by atoms with Crippen LogP contribution in [0.4, 0.5) is 0 Å². The summed E-state index contributed by atoms with van der Waals surface area (Å²) < 4.78 is 30.9. The summed E-state index contributed by atoms with van der Waals surface area (Å²) >= 11 is 0. The lowest BCUT2D eigenvalue weighted by molar-refractivity contribution is -0.276. The highest BCUT2D eigenvalue weighted by Crippen LogP contribution is 2.28. The van der Waals surface area contributed by atoms with Gasteiger partial charge in [-0.1, -0.05) is 91.0 Å². The van der Waals surface area contributed by atoms with Crippen molar-refractivity contribution in [1.82, 2.24) is 0 Å². The van der Waals surface area contributed by atoms with Crippen molar-refractivity contribution in [3.63, 3.8) is 0 Å². The first-order valence-corrected chi connectivity index (χ1v) is 12.4. The lowest BCUT2D eigenvalue weighted by Crippen LogP contribution is -2.53. The molecule has 4 rings (SSSR count). The first-order chi connectivity index (χ1) is 17.7. The summed E-state index contributed by atoms with van der Waals surface area (Å²) in [5.74, 6) is -0.0558. The first kappa shape index (κ1) is 26.2. The van der Waals surface area contributed by atoms with E-state index in [9.17, 15) is 4.79 Å². The van der Waals surface area contributed by atoms with Crippen LogP contribution in [0.5, 0.6) is 0 Å². The fraction of sp³-hybridized carbons (Fsp3) is 0.367. The molecule has 36 heavy (non-hydrogen) atoms. The van der Waals surface area contributed by atoms with E-state index in [1.165, 1.54) is 6.92 Å². The number of carbonyl (C=O) groups is 1. The minimum absolute atomic E-state index is 0.0107. The first-order valence-electron chi connectivity index (χ1n) is 12.4. The molecule has 1 aliphatic heterocycles. The lowest BCUT2D eigenvalue weighted by Gasteiger charge is -2.41. The van der Waals surface area contributed by atoms with Crippen LogP contribution < -0.4 is 0 Å². The molecule has 4 atom stereocenters. The van der Waals surface area contributed by atoms with Crippen molar-refractivity contribution in [1.29, 1.82) is 0 Å². The van der Waals surface area contributed by atoms with Crippen LogP contribution in [0.2, 0.25) is 0 Å². The Hall–Kier alpha value is -2.87. The van der Waals surface area contributed by atoms with Crippen LogP contribution in [-0.2, 0) is 48.3 Å². The van der Waals surface area contributed by atoms with Crippen molar-refractivity contribution in [3.8, 4) is 0 Å². The van der Waals surface area contributed by atoms with Crippen molar-refractivity contribution in [3.05, 3.63) is 108 Å². The standard InChI is InChI=1S/C30H34O6/c1-23(31)18-34-29-17-27(33-20-25-13-7-3-8-14-25)30(35-21-26-15-9-4-10-16-26)28(36-29)22-32-19-24-11-5-2-6-12-24/h2-16,27-30H,17-22H2,1H3/t27-,28-,29+,30+/m1/s1. The van der Waals surface area contributed by atoms with E-state index in [1.54, 1.807) is 0 Å². The molecule has 1 aliphatic rings. The summed E-state index contributed by atoms with van der Waals surface area (Å²) in [6.07, 6.45) is -1.23. The lowest BCUT2D eigenvalue weighted by atomic mass is 10.0. The molecule has 190 valence electrons. The molecule has 0 aliphatic carbocycles. The second-order valence-corrected chi connectivity index (χ2v) is 8.95. The number of hydrogen-bond acceptors (Lipinski definition) is 6. The molecule has 0 aromatic heterocycles. The van der Waals surface area contributed by atoms with Crippen molar-refractivity contribution in [2.75, 3.05) is 13.2 Å². The summed E-state index contributed by atoms with van der Waals surface area (Å²) in [5.41, 5.74) is 3.22. The van der Waals surface area contributed by atoms with Gasteiger partial charge in [0.1, 0.15) is 18.8 Å². The third-order valence-corrected chi connectivity index (χ3v) is 5.94. The Morgan fingerprint density at radius 3 is 1.83 bits per heavy atom. The van der Waals surface area contributed by atoms with Crippen molar-refractivity contribution in [2.45, 2.75) is 57.8 Å². The van der Waals surface area contributed by atoms with E-state index in [0.717, 1.165) is 16.7 Å². The Morgan fingerprint density at radius 1 is 0.750 bits per heavy atom. The van der Waals surface area contributed by atoms with E-state index in [2.05, 4.69) is 0 Å².